The summed E-state index contributed by atoms with van der Waals surface area (Å²) in [6, 6.07) is 6.73. The minimum atomic E-state index is 0.530. The minimum absolute atomic E-state index is 0.530. The third-order valence-corrected chi connectivity index (χ3v) is 4.48. The lowest BCUT2D eigenvalue weighted by atomic mass is 10.1. The second kappa shape index (κ2) is 5.06. The molecule has 5 heteroatoms. The monoisotopic (exact) mass is 284 g/mol. The van der Waals surface area contributed by atoms with E-state index in [0.29, 0.717) is 12.6 Å². The number of aromatic nitrogens is 3. The second-order valence-electron chi connectivity index (χ2n) is 5.84. The number of para-hydroxylation sites is 1. The molecule has 0 amide bonds. The van der Waals surface area contributed by atoms with Crippen LogP contribution in [0.4, 0.5) is 5.69 Å². The average molecular weight is 284 g/mol. The Morgan fingerprint density at radius 2 is 2.10 bits per heavy atom. The van der Waals surface area contributed by atoms with Crippen LogP contribution in [0.2, 0.25) is 0 Å². The first-order chi connectivity index (χ1) is 10.3. The van der Waals surface area contributed by atoms with E-state index in [9.17, 15) is 0 Å². The first kappa shape index (κ1) is 12.7. The smallest absolute Gasteiger partial charge is 0.168 e. The summed E-state index contributed by atoms with van der Waals surface area (Å²) < 4.78 is 8.20. The summed E-state index contributed by atoms with van der Waals surface area (Å²) in [5.74, 6) is 2.86. The van der Waals surface area contributed by atoms with Crippen LogP contribution < -0.4 is 10.1 Å². The Morgan fingerprint density at radius 3 is 2.95 bits per heavy atom. The Morgan fingerprint density at radius 1 is 1.24 bits per heavy atom. The number of nitrogens with zero attached hydrogens (tertiary/aromatic N) is 3. The van der Waals surface area contributed by atoms with Crippen LogP contribution in [0.25, 0.3) is 11.4 Å². The van der Waals surface area contributed by atoms with Crippen LogP contribution in [0.1, 0.15) is 37.5 Å². The Kier molecular flexibility index (Phi) is 3.05. The fourth-order valence-electron chi connectivity index (χ4n) is 3.50. The molecule has 1 aromatic heterocycles. The van der Waals surface area contributed by atoms with Crippen molar-refractivity contribution in [3.05, 3.63) is 24.0 Å². The van der Waals surface area contributed by atoms with Crippen molar-refractivity contribution in [1.82, 2.24) is 14.8 Å². The van der Waals surface area contributed by atoms with Gasteiger partial charge in [-0.2, -0.15) is 0 Å². The third kappa shape index (κ3) is 2.07. The van der Waals surface area contributed by atoms with Gasteiger partial charge in [0.15, 0.2) is 11.6 Å². The van der Waals surface area contributed by atoms with Crippen LogP contribution in [0.3, 0.4) is 0 Å². The van der Waals surface area contributed by atoms with Crippen LogP contribution in [0.15, 0.2) is 18.2 Å². The molecule has 0 radical (unpaired) electrons. The minimum Gasteiger partial charge on any atom is -0.489 e. The first-order valence-electron chi connectivity index (χ1n) is 7.76. The zero-order valence-electron chi connectivity index (χ0n) is 12.3. The number of hydrogen-bond donors (Lipinski definition) is 1. The van der Waals surface area contributed by atoms with Gasteiger partial charge in [-0.15, -0.1) is 10.2 Å². The number of ether oxygens (including phenoxy) is 1. The molecular formula is C16H20N4O. The number of hydrogen-bond acceptors (Lipinski definition) is 4. The van der Waals surface area contributed by atoms with E-state index in [1.54, 1.807) is 0 Å². The van der Waals surface area contributed by atoms with Crippen LogP contribution >= 0.6 is 0 Å². The Bertz CT molecular complexity index is 658. The maximum atomic E-state index is 5.89. The molecule has 0 bridgehead atoms. The summed E-state index contributed by atoms with van der Waals surface area (Å²) in [5.41, 5.74) is 2.10. The first-order valence-corrected chi connectivity index (χ1v) is 7.76. The predicted octanol–water partition coefficient (Wildman–Crippen LogP) is 3.17. The van der Waals surface area contributed by atoms with Crippen molar-refractivity contribution in [3.63, 3.8) is 0 Å². The molecule has 4 rings (SSSR count). The second-order valence-corrected chi connectivity index (χ2v) is 5.84. The third-order valence-electron chi connectivity index (χ3n) is 4.48. The van der Waals surface area contributed by atoms with Crippen LogP contribution in [-0.2, 0) is 0 Å². The summed E-state index contributed by atoms with van der Waals surface area (Å²) in [5, 5.41) is 12.2. The number of aryl methyl sites for hydroxylation is 1. The quantitative estimate of drug-likeness (QED) is 0.920. The molecule has 1 aliphatic heterocycles. The molecule has 2 heterocycles. The fraction of sp³-hybridized carbons (Fsp3) is 0.500. The summed E-state index contributed by atoms with van der Waals surface area (Å²) in [7, 11) is 0. The molecule has 2 aromatic rings. The van der Waals surface area contributed by atoms with Gasteiger partial charge in [0.1, 0.15) is 12.4 Å². The van der Waals surface area contributed by atoms with Gasteiger partial charge in [0, 0.05) is 12.6 Å². The maximum Gasteiger partial charge on any atom is 0.168 e. The zero-order valence-corrected chi connectivity index (χ0v) is 12.3. The predicted molar refractivity (Wildman–Crippen MR) is 81.7 cm³/mol. The molecule has 110 valence electrons. The molecule has 1 N–H and O–H groups in total. The molecule has 2 aliphatic rings. The molecule has 0 spiro atoms. The maximum absolute atomic E-state index is 5.89. The number of nitrogens with one attached hydrogen (secondary N) is 1. The average Bonchev–Trinajstić information content (AvgIpc) is 3.16. The Hall–Kier alpha value is -2.04. The van der Waals surface area contributed by atoms with Crippen molar-refractivity contribution in [2.24, 2.45) is 0 Å². The zero-order chi connectivity index (χ0) is 14.2. The van der Waals surface area contributed by atoms with E-state index in [-0.39, 0.29) is 0 Å². The normalized spacial score (nSPS) is 18.1. The van der Waals surface area contributed by atoms with Gasteiger partial charge in [0.25, 0.3) is 0 Å². The van der Waals surface area contributed by atoms with Gasteiger partial charge in [0.05, 0.1) is 11.3 Å². The molecule has 1 fully saturated rings. The molecule has 1 saturated carbocycles. The van der Waals surface area contributed by atoms with E-state index < -0.39 is 0 Å². The molecule has 1 aromatic carbocycles. The number of fused-ring (bicyclic) bond motifs is 1. The van der Waals surface area contributed by atoms with Crippen LogP contribution in [0, 0.1) is 6.92 Å². The number of anilines is 1. The van der Waals surface area contributed by atoms with E-state index in [0.717, 1.165) is 35.2 Å². The molecule has 0 saturated heterocycles. The lowest BCUT2D eigenvalue weighted by Crippen LogP contribution is -2.19. The summed E-state index contributed by atoms with van der Waals surface area (Å²) in [4.78, 5) is 0. The standard InChI is InChI=1S/C16H20N4O/c1-11-18-19-16(20(11)12-5-2-3-6-12)13-7-4-8-14-15(13)21-10-9-17-14/h4,7-8,12,17H,2-3,5-6,9-10H2,1H3. The van der Waals surface area contributed by atoms with Gasteiger partial charge in [-0.3, -0.25) is 0 Å². The summed E-state index contributed by atoms with van der Waals surface area (Å²) in [6.07, 6.45) is 5.04. The summed E-state index contributed by atoms with van der Waals surface area (Å²) in [6.45, 7) is 3.59. The van der Waals surface area contributed by atoms with Crippen molar-refractivity contribution in [2.45, 2.75) is 38.6 Å². The van der Waals surface area contributed by atoms with E-state index in [1.165, 1.54) is 25.7 Å². The number of benzene rings is 1. The molecular weight excluding hydrogens is 264 g/mol. The Balaban J connectivity index is 1.84. The van der Waals surface area contributed by atoms with Gasteiger partial charge in [-0.1, -0.05) is 18.9 Å². The molecule has 21 heavy (non-hydrogen) atoms. The topological polar surface area (TPSA) is 52.0 Å². The van der Waals surface area contributed by atoms with E-state index in [4.69, 9.17) is 4.74 Å². The van der Waals surface area contributed by atoms with Crippen molar-refractivity contribution < 1.29 is 4.74 Å². The fourth-order valence-corrected chi connectivity index (χ4v) is 3.50. The van der Waals surface area contributed by atoms with Crippen LogP contribution in [0.5, 0.6) is 5.75 Å². The lowest BCUT2D eigenvalue weighted by Gasteiger charge is -2.23. The van der Waals surface area contributed by atoms with Crippen molar-refractivity contribution >= 4 is 5.69 Å². The van der Waals surface area contributed by atoms with Crippen LogP contribution in [-0.4, -0.2) is 27.9 Å². The molecule has 1 aliphatic carbocycles. The number of rotatable bonds is 2. The summed E-state index contributed by atoms with van der Waals surface area (Å²) >= 11 is 0. The van der Waals surface area contributed by atoms with Gasteiger partial charge >= 0.3 is 0 Å². The highest BCUT2D eigenvalue weighted by molar-refractivity contribution is 5.75. The molecule has 0 unspecified atom stereocenters. The molecule has 0 atom stereocenters. The van der Waals surface area contributed by atoms with Crippen molar-refractivity contribution in [2.75, 3.05) is 18.5 Å². The largest absolute Gasteiger partial charge is 0.489 e. The van der Waals surface area contributed by atoms with Gasteiger partial charge < -0.3 is 14.6 Å². The van der Waals surface area contributed by atoms with Gasteiger partial charge in [0.2, 0.25) is 0 Å². The van der Waals surface area contributed by atoms with E-state index >= 15 is 0 Å². The van der Waals surface area contributed by atoms with Crippen molar-refractivity contribution in [1.29, 1.82) is 0 Å². The van der Waals surface area contributed by atoms with E-state index in [1.807, 2.05) is 6.92 Å². The van der Waals surface area contributed by atoms with Gasteiger partial charge in [-0.05, 0) is 31.9 Å². The lowest BCUT2D eigenvalue weighted by molar-refractivity contribution is 0.324. The highest BCUT2D eigenvalue weighted by atomic mass is 16.5. The van der Waals surface area contributed by atoms with Crippen molar-refractivity contribution in [3.8, 4) is 17.1 Å². The molecule has 5 nitrogen and oxygen atoms in total. The van der Waals surface area contributed by atoms with E-state index in [2.05, 4.69) is 38.3 Å². The van der Waals surface area contributed by atoms with Gasteiger partial charge in [-0.25, -0.2) is 0 Å². The highest BCUT2D eigenvalue weighted by Gasteiger charge is 2.25. The Labute approximate surface area is 124 Å². The highest BCUT2D eigenvalue weighted by Crippen LogP contribution is 2.40. The SMILES string of the molecule is Cc1nnc(-c2cccc3c2OCCN3)n1C1CCCC1.